The number of hydrogen-bond donors (Lipinski definition) is 0. The maximum absolute atomic E-state index is 2.41. The molecule has 0 amide bonds. The second kappa shape index (κ2) is 15.8. The molecule has 0 bridgehead atoms. The van der Waals surface area contributed by atoms with Gasteiger partial charge in [0.05, 0.1) is 5.41 Å². The minimum absolute atomic E-state index is 0. The van der Waals surface area contributed by atoms with Gasteiger partial charge in [-0.05, 0) is 32.7 Å². The minimum atomic E-state index is -0.665. The van der Waals surface area contributed by atoms with Crippen LogP contribution in [0.2, 0.25) is 0 Å². The first-order chi connectivity index (χ1) is 26.1. The van der Waals surface area contributed by atoms with Crippen molar-refractivity contribution in [3.05, 3.63) is 228 Å². The summed E-state index contributed by atoms with van der Waals surface area (Å²) in [4.78, 5) is 0. The molecule has 0 radical (unpaired) electrons. The summed E-state index contributed by atoms with van der Waals surface area (Å²) in [5.74, 6) is 0. The van der Waals surface area contributed by atoms with E-state index in [9.17, 15) is 0 Å². The Morgan fingerprint density at radius 2 is 0.732 bits per heavy atom. The zero-order chi connectivity index (χ0) is 35.5. The molecule has 0 saturated carbocycles. The van der Waals surface area contributed by atoms with Gasteiger partial charge >= 0.3 is 26.2 Å². The number of rotatable bonds is 6. The van der Waals surface area contributed by atoms with Gasteiger partial charge in [-0.15, -0.1) is 80.2 Å². The van der Waals surface area contributed by atoms with Crippen LogP contribution >= 0.6 is 0 Å². The van der Waals surface area contributed by atoms with E-state index >= 15 is 0 Å². The molecule has 0 atom stereocenters. The van der Waals surface area contributed by atoms with Crippen LogP contribution in [0, 0.1) is 13.8 Å². The average Bonchev–Trinajstić information content (AvgIpc) is 3.74. The van der Waals surface area contributed by atoms with Crippen LogP contribution in [0.25, 0.3) is 65.3 Å². The molecule has 0 heterocycles. The number of aryl methyl sites for hydroxylation is 2. The summed E-state index contributed by atoms with van der Waals surface area (Å²) in [6.45, 7) is 4.57. The summed E-state index contributed by atoms with van der Waals surface area (Å²) in [7, 11) is 0. The number of fused-ring (bicyclic) bond motifs is 4. The molecule has 10 aromatic rings. The molecule has 0 saturated heterocycles. The van der Waals surface area contributed by atoms with Crippen LogP contribution in [0.5, 0.6) is 0 Å². The van der Waals surface area contributed by atoms with Gasteiger partial charge in [-0.25, -0.2) is 0 Å². The van der Waals surface area contributed by atoms with E-state index in [-0.39, 0.29) is 51.0 Å². The molecule has 0 nitrogen and oxygen atoms in total. The second-order valence-electron chi connectivity index (χ2n) is 14.5. The Kier molecular flexibility index (Phi) is 11.1. The molecule has 10 aromatic carbocycles. The molecule has 10 rings (SSSR count). The van der Waals surface area contributed by atoms with E-state index in [1.165, 1.54) is 98.7 Å². The predicted octanol–water partition coefficient (Wildman–Crippen LogP) is 8.08. The number of benzene rings is 8. The maximum atomic E-state index is 2.41. The van der Waals surface area contributed by atoms with Gasteiger partial charge in [-0.1, -0.05) is 194 Å². The van der Waals surface area contributed by atoms with E-state index in [2.05, 4.69) is 208 Å². The second-order valence-corrected chi connectivity index (χ2v) is 14.5. The number of halogens is 2. The van der Waals surface area contributed by atoms with Crippen molar-refractivity contribution in [1.29, 1.82) is 0 Å². The van der Waals surface area contributed by atoms with Crippen molar-refractivity contribution < 1.29 is 51.0 Å². The largest absolute Gasteiger partial charge is 4.00 e. The zero-order valence-corrected chi connectivity index (χ0v) is 35.2. The molecule has 0 aliphatic rings. The summed E-state index contributed by atoms with van der Waals surface area (Å²) >= 11 is 0. The summed E-state index contributed by atoms with van der Waals surface area (Å²) in [5.41, 5.74) is 12.2. The quantitative estimate of drug-likeness (QED) is 0.118. The topological polar surface area (TPSA) is 0 Å². The van der Waals surface area contributed by atoms with Gasteiger partial charge in [0.2, 0.25) is 0 Å². The molecule has 56 heavy (non-hydrogen) atoms. The Balaban J connectivity index is 0.00000160. The summed E-state index contributed by atoms with van der Waals surface area (Å²) in [6.07, 6.45) is 0. The molecule has 0 spiro atoms. The van der Waals surface area contributed by atoms with Crippen molar-refractivity contribution >= 4 is 43.1 Å². The fourth-order valence-electron chi connectivity index (χ4n) is 9.46. The van der Waals surface area contributed by atoms with Gasteiger partial charge in [-0.2, -0.15) is 0 Å². The average molecular weight is 837 g/mol. The van der Waals surface area contributed by atoms with Gasteiger partial charge in [0.15, 0.2) is 0 Å². The van der Waals surface area contributed by atoms with Crippen LogP contribution in [0.1, 0.15) is 33.4 Å². The molecule has 0 unspecified atom stereocenters. The Bertz CT molecular complexity index is 2760. The third-order valence-electron chi connectivity index (χ3n) is 11.6. The Labute approximate surface area is 360 Å². The molecular formula is C53H38Cl2Zr. The third-order valence-corrected chi connectivity index (χ3v) is 11.6. The molecular weight excluding hydrogens is 799 g/mol. The van der Waals surface area contributed by atoms with Gasteiger partial charge < -0.3 is 24.8 Å². The third kappa shape index (κ3) is 6.00. The van der Waals surface area contributed by atoms with Crippen LogP contribution in [0.15, 0.2) is 194 Å². The van der Waals surface area contributed by atoms with Crippen LogP contribution in [-0.4, -0.2) is 0 Å². The van der Waals surface area contributed by atoms with E-state index in [0.717, 1.165) is 0 Å². The summed E-state index contributed by atoms with van der Waals surface area (Å²) in [5, 5.41) is 10.2. The van der Waals surface area contributed by atoms with Crippen molar-refractivity contribution in [2.24, 2.45) is 0 Å². The molecule has 0 aliphatic heterocycles. The van der Waals surface area contributed by atoms with Crippen molar-refractivity contribution in [2.75, 3.05) is 0 Å². The van der Waals surface area contributed by atoms with Gasteiger partial charge in [-0.3, -0.25) is 0 Å². The molecule has 0 N–H and O–H groups in total. The van der Waals surface area contributed by atoms with Gasteiger partial charge in [0, 0.05) is 0 Å². The van der Waals surface area contributed by atoms with E-state index < -0.39 is 5.41 Å². The fraction of sp³-hybridized carbons (Fsp3) is 0.0566. The van der Waals surface area contributed by atoms with E-state index in [1.54, 1.807) is 0 Å². The Morgan fingerprint density at radius 1 is 0.375 bits per heavy atom. The van der Waals surface area contributed by atoms with E-state index in [0.29, 0.717) is 0 Å². The summed E-state index contributed by atoms with van der Waals surface area (Å²) in [6, 6.07) is 72.3. The van der Waals surface area contributed by atoms with Crippen LogP contribution in [0.3, 0.4) is 0 Å². The van der Waals surface area contributed by atoms with Crippen molar-refractivity contribution in [3.8, 4) is 22.3 Å². The monoisotopic (exact) mass is 834 g/mol. The standard InChI is InChI=1S/C53H38.2ClH.Zr/c1-35-33-39-21-15-31-47(51(39)49(35)45-29-13-19-37-17-9-11-27-43(37)45)53(41-23-5-3-6-24-41,42-25-7-4-8-26-42)48-32-16-22-40-34-36(2)50(52(40)48)46-30-14-20-38-18-10-12-28-44(38)46;;;/h3-34H,1-2H3;2*1H;/q-2;;;+4/p-2. The van der Waals surface area contributed by atoms with Crippen LogP contribution in [0.4, 0.5) is 0 Å². The molecule has 268 valence electrons. The fourth-order valence-corrected chi connectivity index (χ4v) is 9.46. The molecule has 3 heteroatoms. The Morgan fingerprint density at radius 3 is 1.16 bits per heavy atom. The Hall–Kier alpha value is -5.04. The molecule has 0 aliphatic carbocycles. The smallest absolute Gasteiger partial charge is 1.00 e. The normalized spacial score (nSPS) is 11.3. The van der Waals surface area contributed by atoms with Crippen molar-refractivity contribution in [1.82, 2.24) is 0 Å². The van der Waals surface area contributed by atoms with E-state index in [4.69, 9.17) is 0 Å². The SMILES string of the molecule is Cc1[cH-]c2cccc(C(c3ccccc3)(c3ccccc3)c3cccc4[cH-]c(C)c(-c5cccc6ccccc56)c34)c2c1-c1cccc2ccccc12.[Cl-].[Cl-].[Zr+4]. The predicted molar refractivity (Wildman–Crippen MR) is 226 cm³/mol. The first-order valence-electron chi connectivity index (χ1n) is 18.6. The number of hydrogen-bond acceptors (Lipinski definition) is 0. The van der Waals surface area contributed by atoms with Crippen molar-refractivity contribution in [3.63, 3.8) is 0 Å². The van der Waals surface area contributed by atoms with Gasteiger partial charge in [0.25, 0.3) is 0 Å². The van der Waals surface area contributed by atoms with E-state index in [1.807, 2.05) is 0 Å². The van der Waals surface area contributed by atoms with Crippen LogP contribution < -0.4 is 24.8 Å². The zero-order valence-electron chi connectivity index (χ0n) is 31.2. The van der Waals surface area contributed by atoms with Crippen LogP contribution in [-0.2, 0) is 31.6 Å². The van der Waals surface area contributed by atoms with Crippen molar-refractivity contribution in [2.45, 2.75) is 19.3 Å². The summed E-state index contributed by atoms with van der Waals surface area (Å²) < 4.78 is 0. The minimum Gasteiger partial charge on any atom is -1.00 e. The first-order valence-corrected chi connectivity index (χ1v) is 18.6. The molecule has 0 aromatic heterocycles. The van der Waals surface area contributed by atoms with Gasteiger partial charge in [0.1, 0.15) is 0 Å². The first kappa shape index (κ1) is 39.2. The molecule has 0 fully saturated rings. The maximum Gasteiger partial charge on any atom is 4.00 e.